The van der Waals surface area contributed by atoms with Crippen molar-refractivity contribution in [1.29, 1.82) is 0 Å². The molecule has 0 atom stereocenters. The van der Waals surface area contributed by atoms with Gasteiger partial charge in [-0.15, -0.1) is 0 Å². The highest BCUT2D eigenvalue weighted by atomic mass is 19.2. The van der Waals surface area contributed by atoms with Crippen molar-refractivity contribution in [3.8, 4) is 0 Å². The molecule has 0 saturated heterocycles. The summed E-state index contributed by atoms with van der Waals surface area (Å²) in [6.45, 7) is 2.13. The van der Waals surface area contributed by atoms with Crippen LogP contribution in [0.15, 0.2) is 11.8 Å². The van der Waals surface area contributed by atoms with E-state index in [2.05, 4.69) is 4.74 Å². The molecule has 0 unspecified atom stereocenters. The Morgan fingerprint density at radius 1 is 1.20 bits per heavy atom. The van der Waals surface area contributed by atoms with E-state index in [1.54, 1.807) is 0 Å². The Labute approximate surface area is 140 Å². The molecule has 10 heteroatoms. The van der Waals surface area contributed by atoms with Crippen molar-refractivity contribution < 1.29 is 32.4 Å². The second-order valence-corrected chi connectivity index (χ2v) is 5.10. The lowest BCUT2D eigenvalue weighted by atomic mass is 9.98. The van der Waals surface area contributed by atoms with Gasteiger partial charge in [-0.25, -0.2) is 13.6 Å². The third-order valence-corrected chi connectivity index (χ3v) is 3.05. The third kappa shape index (κ3) is 3.95. The van der Waals surface area contributed by atoms with Gasteiger partial charge in [-0.05, 0) is 13.8 Å². The molecule has 0 N–H and O–H groups in total. The van der Waals surface area contributed by atoms with Crippen LogP contribution >= 0.6 is 0 Å². The molecule has 136 valence electrons. The quantitative estimate of drug-likeness (QED) is 0.113. The zero-order chi connectivity index (χ0) is 19.5. The Kier molecular flexibility index (Phi) is 6.26. The van der Waals surface area contributed by atoms with E-state index in [0.717, 1.165) is 13.1 Å². The number of hydrogen-bond donors (Lipinski definition) is 0. The first-order valence-electron chi connectivity index (χ1n) is 6.96. The van der Waals surface area contributed by atoms with E-state index in [9.17, 15) is 32.9 Å². The molecule has 0 aromatic heterocycles. The number of carbonyl (C=O) groups excluding carboxylic acids is 2. The van der Waals surface area contributed by atoms with Crippen LogP contribution in [0.4, 0.5) is 18.9 Å². The predicted octanol–water partition coefficient (Wildman–Crippen LogP) is 2.51. The van der Waals surface area contributed by atoms with E-state index in [1.165, 1.54) is 25.9 Å². The van der Waals surface area contributed by atoms with Gasteiger partial charge in [0.2, 0.25) is 11.6 Å². The van der Waals surface area contributed by atoms with Gasteiger partial charge >= 0.3 is 11.7 Å². The Morgan fingerprint density at radius 3 is 2.20 bits per heavy atom. The number of ether oxygens (including phenoxy) is 1. The van der Waals surface area contributed by atoms with Crippen molar-refractivity contribution in [2.45, 2.75) is 13.8 Å². The second kappa shape index (κ2) is 7.77. The van der Waals surface area contributed by atoms with Crippen LogP contribution in [0.2, 0.25) is 0 Å². The summed E-state index contributed by atoms with van der Waals surface area (Å²) < 4.78 is 46.5. The lowest BCUT2D eigenvalue weighted by Crippen LogP contribution is -2.22. The van der Waals surface area contributed by atoms with Crippen molar-refractivity contribution in [3.05, 3.63) is 50.5 Å². The summed E-state index contributed by atoms with van der Waals surface area (Å²) >= 11 is 0. The van der Waals surface area contributed by atoms with Gasteiger partial charge in [0.15, 0.2) is 5.82 Å². The number of nitro benzene ring substituents is 1. The summed E-state index contributed by atoms with van der Waals surface area (Å²) in [7, 11) is 2.85. The number of hydrogen-bond acceptors (Lipinski definition) is 6. The summed E-state index contributed by atoms with van der Waals surface area (Å²) in [4.78, 5) is 35.3. The summed E-state index contributed by atoms with van der Waals surface area (Å²) in [5, 5.41) is 11.0. The van der Waals surface area contributed by atoms with Crippen molar-refractivity contribution in [3.63, 3.8) is 0 Å². The lowest BCUT2D eigenvalue weighted by Gasteiger charge is -2.12. The highest BCUT2D eigenvalue weighted by molar-refractivity contribution is 6.25. The largest absolute Gasteiger partial charge is 0.462 e. The Bertz CT molecular complexity index is 775. The normalized spacial score (nSPS) is 11.2. The van der Waals surface area contributed by atoms with E-state index in [1.807, 2.05) is 0 Å². The zero-order valence-corrected chi connectivity index (χ0v) is 13.9. The van der Waals surface area contributed by atoms with E-state index in [-0.39, 0.29) is 6.61 Å². The average Bonchev–Trinajstić information content (AvgIpc) is 2.52. The average molecular weight is 360 g/mol. The molecular weight excluding hydrogens is 345 g/mol. The van der Waals surface area contributed by atoms with Gasteiger partial charge in [-0.2, -0.15) is 4.39 Å². The Hall–Kier alpha value is -2.91. The molecule has 1 aromatic carbocycles. The number of benzene rings is 1. The molecule has 1 rings (SSSR count). The van der Waals surface area contributed by atoms with E-state index >= 15 is 0 Å². The lowest BCUT2D eigenvalue weighted by molar-refractivity contribution is -0.388. The van der Waals surface area contributed by atoms with Gasteiger partial charge in [0.1, 0.15) is 17.0 Å². The fraction of sp³-hybridized carbons (Fsp3) is 0.333. The van der Waals surface area contributed by atoms with Crippen LogP contribution in [0.25, 0.3) is 0 Å². The Morgan fingerprint density at radius 2 is 1.76 bits per heavy atom. The van der Waals surface area contributed by atoms with Crippen LogP contribution in [0, 0.1) is 34.5 Å². The number of nitro groups is 1. The molecule has 0 amide bonds. The van der Waals surface area contributed by atoms with E-state index in [4.69, 9.17) is 0 Å². The topological polar surface area (TPSA) is 89.8 Å². The van der Waals surface area contributed by atoms with Crippen LogP contribution in [0.3, 0.4) is 0 Å². The van der Waals surface area contributed by atoms with Crippen molar-refractivity contribution >= 4 is 17.4 Å². The molecule has 0 bridgehead atoms. The number of esters is 1. The molecule has 0 aliphatic rings. The van der Waals surface area contributed by atoms with Gasteiger partial charge in [0, 0.05) is 25.9 Å². The minimum Gasteiger partial charge on any atom is -0.462 e. The maximum absolute atomic E-state index is 14.3. The molecule has 0 aliphatic heterocycles. The molecule has 0 saturated carbocycles. The summed E-state index contributed by atoms with van der Waals surface area (Å²) in [6.07, 6.45) is 0.945. The first kappa shape index (κ1) is 20.1. The predicted molar refractivity (Wildman–Crippen MR) is 80.4 cm³/mol. The van der Waals surface area contributed by atoms with Crippen molar-refractivity contribution in [1.82, 2.24) is 4.90 Å². The van der Waals surface area contributed by atoms with Crippen LogP contribution in [-0.2, 0) is 9.53 Å². The van der Waals surface area contributed by atoms with Gasteiger partial charge in [-0.3, -0.25) is 14.9 Å². The minimum absolute atomic E-state index is 0.127. The number of nitrogens with zero attached hydrogens (tertiary/aromatic N) is 2. The van der Waals surface area contributed by atoms with Crippen LogP contribution < -0.4 is 0 Å². The van der Waals surface area contributed by atoms with Gasteiger partial charge in [-0.1, -0.05) is 0 Å². The summed E-state index contributed by atoms with van der Waals surface area (Å²) in [5.41, 5.74) is -4.71. The minimum atomic E-state index is -1.99. The van der Waals surface area contributed by atoms with Crippen molar-refractivity contribution in [2.24, 2.45) is 0 Å². The van der Waals surface area contributed by atoms with Gasteiger partial charge < -0.3 is 9.64 Å². The molecule has 0 fully saturated rings. The molecular formula is C15H15F3N2O5. The second-order valence-electron chi connectivity index (χ2n) is 5.10. The summed E-state index contributed by atoms with van der Waals surface area (Å²) in [5.74, 6) is -8.06. The summed E-state index contributed by atoms with van der Waals surface area (Å²) in [6, 6.07) is 0. The zero-order valence-electron chi connectivity index (χ0n) is 13.9. The molecule has 0 spiro atoms. The Balaban J connectivity index is 3.76. The van der Waals surface area contributed by atoms with Crippen LogP contribution in [0.5, 0.6) is 0 Å². The fourth-order valence-electron chi connectivity index (χ4n) is 1.95. The molecule has 1 aromatic rings. The third-order valence-electron chi connectivity index (χ3n) is 3.05. The molecule has 0 aliphatic carbocycles. The highest BCUT2D eigenvalue weighted by Crippen LogP contribution is 2.32. The monoisotopic (exact) mass is 360 g/mol. The van der Waals surface area contributed by atoms with Gasteiger partial charge in [0.25, 0.3) is 0 Å². The number of halogens is 3. The number of rotatable bonds is 6. The maximum Gasteiger partial charge on any atom is 0.343 e. The van der Waals surface area contributed by atoms with Crippen molar-refractivity contribution in [2.75, 3.05) is 20.7 Å². The van der Waals surface area contributed by atoms with Gasteiger partial charge in [0.05, 0.1) is 11.5 Å². The first-order valence-corrected chi connectivity index (χ1v) is 6.96. The highest BCUT2D eigenvalue weighted by Gasteiger charge is 2.37. The molecule has 0 heterocycles. The number of ketones is 1. The van der Waals surface area contributed by atoms with E-state index < -0.39 is 56.5 Å². The standard InChI is InChI=1S/C15H15F3N2O5/c1-5-25-15(22)8(6-19(3)4)14(21)9-10(16)7(2)11(17)12(18)13(9)20(23)24/h6H,5H2,1-4H3. The SMILES string of the molecule is CCOC(=O)C(=CN(C)C)C(=O)c1c(F)c(C)c(F)c(F)c1[N+](=O)[O-]. The first-order chi connectivity index (χ1) is 11.5. The number of Topliss-reactive ketones (excluding diaryl/α,β-unsaturated/α-hetero) is 1. The molecule has 25 heavy (non-hydrogen) atoms. The maximum atomic E-state index is 14.3. The molecule has 0 radical (unpaired) electrons. The van der Waals surface area contributed by atoms with E-state index in [0.29, 0.717) is 0 Å². The molecule has 7 nitrogen and oxygen atoms in total. The smallest absolute Gasteiger partial charge is 0.343 e. The van der Waals surface area contributed by atoms with Crippen LogP contribution in [-0.4, -0.2) is 42.3 Å². The fourth-order valence-corrected chi connectivity index (χ4v) is 1.95. The van der Waals surface area contributed by atoms with Crippen LogP contribution in [0.1, 0.15) is 22.8 Å². The number of carbonyl (C=O) groups is 2.